The fraction of sp³-hybridized carbons (Fsp3) is 0.250. The molecule has 0 saturated carbocycles. The fourth-order valence-electron chi connectivity index (χ4n) is 0.887. The van der Waals surface area contributed by atoms with E-state index in [4.69, 9.17) is 0 Å². The van der Waals surface area contributed by atoms with Crippen LogP contribution in [0.4, 0.5) is 14.5 Å². The summed E-state index contributed by atoms with van der Waals surface area (Å²) in [6, 6.07) is 2.87. The highest BCUT2D eigenvalue weighted by molar-refractivity contribution is 5.89. The van der Waals surface area contributed by atoms with E-state index < -0.39 is 18.0 Å². The van der Waals surface area contributed by atoms with Crippen molar-refractivity contribution in [3.05, 3.63) is 24.0 Å². The van der Waals surface area contributed by atoms with Crippen molar-refractivity contribution in [2.24, 2.45) is 0 Å². The lowest BCUT2D eigenvalue weighted by Crippen LogP contribution is -2.09. The summed E-state index contributed by atoms with van der Waals surface area (Å²) >= 11 is 0. The monoisotopic (exact) mass is 186 g/mol. The molecule has 0 saturated heterocycles. The second-order valence-electron chi connectivity index (χ2n) is 2.42. The summed E-state index contributed by atoms with van der Waals surface area (Å²) in [6.07, 6.45) is -1.42. The van der Waals surface area contributed by atoms with E-state index in [0.717, 1.165) is 0 Å². The summed E-state index contributed by atoms with van der Waals surface area (Å²) in [7, 11) is 0. The van der Waals surface area contributed by atoms with Gasteiger partial charge in [-0.3, -0.25) is 9.78 Å². The normalized spacial score (nSPS) is 10.2. The molecule has 0 fully saturated rings. The molecular formula is C8H8F2N2O. The number of rotatable bonds is 2. The molecule has 1 N–H and O–H groups in total. The molecule has 3 nitrogen and oxygen atoms in total. The van der Waals surface area contributed by atoms with E-state index in [-0.39, 0.29) is 5.69 Å². The van der Waals surface area contributed by atoms with Crippen molar-refractivity contribution in [2.45, 2.75) is 13.3 Å². The summed E-state index contributed by atoms with van der Waals surface area (Å²) in [5.41, 5.74) is -0.345. The maximum atomic E-state index is 12.3. The number of amides is 1. The Balaban J connectivity index is 2.97. The molecule has 0 spiro atoms. The van der Waals surface area contributed by atoms with Gasteiger partial charge >= 0.3 is 0 Å². The molecule has 0 bridgehead atoms. The van der Waals surface area contributed by atoms with E-state index >= 15 is 0 Å². The molecule has 1 aromatic rings. The number of pyridine rings is 1. The first kappa shape index (κ1) is 9.57. The number of anilines is 1. The Labute approximate surface area is 73.8 Å². The first-order valence-corrected chi connectivity index (χ1v) is 3.62. The molecule has 1 aromatic heterocycles. The Hall–Kier alpha value is -1.52. The highest BCUT2D eigenvalue weighted by atomic mass is 19.3. The Kier molecular flexibility index (Phi) is 2.89. The number of carbonyl (C=O) groups is 1. The average molecular weight is 186 g/mol. The maximum Gasteiger partial charge on any atom is 0.282 e. The van der Waals surface area contributed by atoms with Crippen LogP contribution in [0.1, 0.15) is 19.0 Å². The number of nitrogens with one attached hydrogen (secondary N) is 1. The van der Waals surface area contributed by atoms with E-state index in [9.17, 15) is 13.6 Å². The van der Waals surface area contributed by atoms with E-state index in [1.165, 1.54) is 25.3 Å². The van der Waals surface area contributed by atoms with Crippen LogP contribution in [0.2, 0.25) is 0 Å². The van der Waals surface area contributed by atoms with Gasteiger partial charge in [0.25, 0.3) is 6.43 Å². The lowest BCUT2D eigenvalue weighted by molar-refractivity contribution is -0.114. The summed E-state index contributed by atoms with van der Waals surface area (Å²) in [6.45, 7) is 1.25. The van der Waals surface area contributed by atoms with Crippen LogP contribution < -0.4 is 5.32 Å². The van der Waals surface area contributed by atoms with Crippen molar-refractivity contribution < 1.29 is 13.6 Å². The molecule has 0 atom stereocenters. The smallest absolute Gasteiger partial charge is 0.282 e. The molecule has 0 radical (unpaired) electrons. The van der Waals surface area contributed by atoms with Crippen molar-refractivity contribution in [1.29, 1.82) is 0 Å². The molecule has 5 heteroatoms. The van der Waals surface area contributed by atoms with Gasteiger partial charge in [-0.1, -0.05) is 0 Å². The van der Waals surface area contributed by atoms with Gasteiger partial charge in [0.15, 0.2) is 0 Å². The molecule has 13 heavy (non-hydrogen) atoms. The molecule has 1 amide bonds. The molecule has 0 aliphatic heterocycles. The zero-order chi connectivity index (χ0) is 9.84. The van der Waals surface area contributed by atoms with Crippen molar-refractivity contribution in [2.75, 3.05) is 5.32 Å². The molecule has 1 heterocycles. The van der Waals surface area contributed by atoms with Gasteiger partial charge in [0, 0.05) is 13.1 Å². The SMILES string of the molecule is CC(=O)Nc1cccnc1C(F)F. The van der Waals surface area contributed by atoms with Crippen LogP contribution in [0.25, 0.3) is 0 Å². The van der Waals surface area contributed by atoms with Crippen molar-refractivity contribution in [3.63, 3.8) is 0 Å². The summed E-state index contributed by atoms with van der Waals surface area (Å²) in [5, 5.41) is 2.27. The number of halogens is 2. The van der Waals surface area contributed by atoms with E-state index in [1.807, 2.05) is 0 Å². The lowest BCUT2D eigenvalue weighted by atomic mass is 10.3. The van der Waals surface area contributed by atoms with Crippen LogP contribution in [-0.4, -0.2) is 10.9 Å². The minimum Gasteiger partial charge on any atom is -0.325 e. The van der Waals surface area contributed by atoms with Crippen LogP contribution >= 0.6 is 0 Å². The number of carbonyl (C=O) groups excluding carboxylic acids is 1. The third-order valence-electron chi connectivity index (χ3n) is 1.36. The van der Waals surface area contributed by atoms with Gasteiger partial charge in [-0.25, -0.2) is 8.78 Å². The topological polar surface area (TPSA) is 42.0 Å². The largest absolute Gasteiger partial charge is 0.325 e. The minimum atomic E-state index is -2.68. The highest BCUT2D eigenvalue weighted by Crippen LogP contribution is 2.23. The molecule has 0 aromatic carbocycles. The van der Waals surface area contributed by atoms with Gasteiger partial charge in [-0.15, -0.1) is 0 Å². The first-order chi connectivity index (χ1) is 6.11. The van der Waals surface area contributed by atoms with Crippen LogP contribution in [0.15, 0.2) is 18.3 Å². The van der Waals surface area contributed by atoms with Crippen LogP contribution in [0.5, 0.6) is 0 Å². The second-order valence-corrected chi connectivity index (χ2v) is 2.42. The summed E-state index contributed by atoms with van der Waals surface area (Å²) in [5.74, 6) is -0.394. The molecule has 0 aliphatic rings. The molecular weight excluding hydrogens is 178 g/mol. The van der Waals surface area contributed by atoms with Crippen LogP contribution in [0, 0.1) is 0 Å². The minimum absolute atomic E-state index is 0.0602. The second kappa shape index (κ2) is 3.93. The lowest BCUT2D eigenvalue weighted by Gasteiger charge is -2.06. The predicted octanol–water partition coefficient (Wildman–Crippen LogP) is 1.98. The third kappa shape index (κ3) is 2.47. The predicted molar refractivity (Wildman–Crippen MR) is 43.5 cm³/mol. The Morgan fingerprint density at radius 2 is 2.31 bits per heavy atom. The maximum absolute atomic E-state index is 12.3. The molecule has 0 unspecified atom stereocenters. The van der Waals surface area contributed by atoms with Crippen molar-refractivity contribution in [3.8, 4) is 0 Å². The number of aromatic nitrogens is 1. The van der Waals surface area contributed by atoms with Crippen LogP contribution in [-0.2, 0) is 4.79 Å². The van der Waals surface area contributed by atoms with E-state index in [0.29, 0.717) is 0 Å². The zero-order valence-corrected chi connectivity index (χ0v) is 6.92. The van der Waals surface area contributed by atoms with Gasteiger partial charge in [0.2, 0.25) is 5.91 Å². The summed E-state index contributed by atoms with van der Waals surface area (Å²) in [4.78, 5) is 14.1. The first-order valence-electron chi connectivity index (χ1n) is 3.62. The number of alkyl halides is 2. The van der Waals surface area contributed by atoms with Gasteiger partial charge in [-0.05, 0) is 12.1 Å². The van der Waals surface area contributed by atoms with Crippen LogP contribution in [0.3, 0.4) is 0 Å². The molecule has 1 rings (SSSR count). The Morgan fingerprint density at radius 1 is 1.62 bits per heavy atom. The zero-order valence-electron chi connectivity index (χ0n) is 6.92. The quantitative estimate of drug-likeness (QED) is 0.767. The number of hydrogen-bond acceptors (Lipinski definition) is 2. The molecule has 0 aliphatic carbocycles. The van der Waals surface area contributed by atoms with Gasteiger partial charge in [-0.2, -0.15) is 0 Å². The third-order valence-corrected chi connectivity index (χ3v) is 1.36. The van der Waals surface area contributed by atoms with Gasteiger partial charge < -0.3 is 5.32 Å². The van der Waals surface area contributed by atoms with Crippen molar-refractivity contribution >= 4 is 11.6 Å². The van der Waals surface area contributed by atoms with E-state index in [1.54, 1.807) is 0 Å². The van der Waals surface area contributed by atoms with Gasteiger partial charge in [0.1, 0.15) is 5.69 Å². The molecule has 70 valence electrons. The standard InChI is InChI=1S/C8H8F2N2O/c1-5(13)12-6-3-2-4-11-7(6)8(9)10/h2-4,8H,1H3,(H,12,13). The van der Waals surface area contributed by atoms with Gasteiger partial charge in [0.05, 0.1) is 5.69 Å². The fourth-order valence-corrected chi connectivity index (χ4v) is 0.887. The Bertz CT molecular complexity index is 315. The highest BCUT2D eigenvalue weighted by Gasteiger charge is 2.14. The summed E-state index contributed by atoms with van der Waals surface area (Å²) < 4.78 is 24.5. The van der Waals surface area contributed by atoms with E-state index in [2.05, 4.69) is 10.3 Å². The number of nitrogens with zero attached hydrogens (tertiary/aromatic N) is 1. The van der Waals surface area contributed by atoms with Crippen molar-refractivity contribution in [1.82, 2.24) is 4.98 Å². The Morgan fingerprint density at radius 3 is 2.85 bits per heavy atom. The average Bonchev–Trinajstić information content (AvgIpc) is 2.03. The number of hydrogen-bond donors (Lipinski definition) is 1.